The van der Waals surface area contributed by atoms with Gasteiger partial charge in [0.25, 0.3) is 0 Å². The Labute approximate surface area is 155 Å². The van der Waals surface area contributed by atoms with E-state index in [2.05, 4.69) is 6.58 Å². The van der Waals surface area contributed by atoms with E-state index in [1.54, 1.807) is 0 Å². The van der Waals surface area contributed by atoms with Gasteiger partial charge in [0.2, 0.25) is 0 Å². The highest BCUT2D eigenvalue weighted by Crippen LogP contribution is 2.61. The van der Waals surface area contributed by atoms with Crippen LogP contribution in [0.2, 0.25) is 0 Å². The van der Waals surface area contributed by atoms with Crippen LogP contribution in [0, 0.1) is 5.41 Å². The first-order valence-electron chi connectivity index (χ1n) is 8.53. The summed E-state index contributed by atoms with van der Waals surface area (Å²) in [6.07, 6.45) is -0.0514. The van der Waals surface area contributed by atoms with Gasteiger partial charge in [-0.15, -0.1) is 0 Å². The molecule has 4 nitrogen and oxygen atoms in total. The Balaban J connectivity index is 1.95. The summed E-state index contributed by atoms with van der Waals surface area (Å²) in [4.78, 5) is 0. The third-order valence-corrected chi connectivity index (χ3v) is 9.53. The zero-order valence-corrected chi connectivity index (χ0v) is 16.9. The quantitative estimate of drug-likeness (QED) is 0.690. The summed E-state index contributed by atoms with van der Waals surface area (Å²) in [7, 11) is -6.54. The predicted molar refractivity (Wildman–Crippen MR) is 107 cm³/mol. The molecule has 3 rings (SSSR count). The van der Waals surface area contributed by atoms with Crippen molar-refractivity contribution < 1.29 is 18.2 Å². The molecular formula is C20H24O4P2. The molecule has 0 N–H and O–H groups in total. The maximum atomic E-state index is 14.1. The third kappa shape index (κ3) is 3.94. The molecule has 0 radical (unpaired) electrons. The molecule has 0 unspecified atom stereocenters. The number of benzene rings is 2. The Kier molecular flexibility index (Phi) is 5.42. The molecule has 138 valence electrons. The molecule has 6 heteroatoms. The van der Waals surface area contributed by atoms with Crippen molar-refractivity contribution in [2.45, 2.75) is 13.8 Å². The third-order valence-electron chi connectivity index (χ3n) is 4.37. The molecule has 0 amide bonds. The van der Waals surface area contributed by atoms with Crippen LogP contribution in [0.5, 0.6) is 0 Å². The van der Waals surface area contributed by atoms with E-state index >= 15 is 0 Å². The lowest BCUT2D eigenvalue weighted by Gasteiger charge is -2.35. The summed E-state index contributed by atoms with van der Waals surface area (Å²) in [5, 5.41) is 1.72. The maximum absolute atomic E-state index is 14.1. The van der Waals surface area contributed by atoms with Crippen molar-refractivity contribution >= 4 is 25.3 Å². The number of hydrogen-bond acceptors (Lipinski definition) is 4. The van der Waals surface area contributed by atoms with Crippen LogP contribution in [0.15, 0.2) is 72.6 Å². The summed E-state index contributed by atoms with van der Waals surface area (Å²) in [6.45, 7) is 8.73. The van der Waals surface area contributed by atoms with Crippen LogP contribution in [-0.4, -0.2) is 19.4 Å². The lowest BCUT2D eigenvalue weighted by atomic mass is 9.97. The van der Waals surface area contributed by atoms with Crippen molar-refractivity contribution in [3.8, 4) is 0 Å². The van der Waals surface area contributed by atoms with Crippen LogP contribution >= 0.6 is 14.7 Å². The molecule has 2 aromatic carbocycles. The molecule has 1 fully saturated rings. The highest BCUT2D eigenvalue weighted by molar-refractivity contribution is 7.83. The Morgan fingerprint density at radius 2 is 1.42 bits per heavy atom. The average molecular weight is 390 g/mol. The van der Waals surface area contributed by atoms with E-state index in [1.165, 1.54) is 0 Å². The Morgan fingerprint density at radius 3 is 1.85 bits per heavy atom. The van der Waals surface area contributed by atoms with Crippen molar-refractivity contribution in [3.05, 3.63) is 72.6 Å². The van der Waals surface area contributed by atoms with E-state index in [0.717, 1.165) is 0 Å². The second-order valence-electron chi connectivity index (χ2n) is 7.33. The molecule has 0 saturated carbocycles. The van der Waals surface area contributed by atoms with E-state index in [9.17, 15) is 9.13 Å². The van der Waals surface area contributed by atoms with Crippen LogP contribution in [0.4, 0.5) is 0 Å². The molecule has 2 aromatic rings. The maximum Gasteiger partial charge on any atom is 0.335 e. The van der Waals surface area contributed by atoms with Gasteiger partial charge >= 0.3 is 7.60 Å². The van der Waals surface area contributed by atoms with E-state index in [-0.39, 0.29) is 11.6 Å². The number of hydrogen-bond donors (Lipinski definition) is 0. The minimum absolute atomic E-state index is 0.0514. The summed E-state index contributed by atoms with van der Waals surface area (Å²) in [6, 6.07) is 18.4. The Bertz CT molecular complexity index is 818. The summed E-state index contributed by atoms with van der Waals surface area (Å²) in [5.74, 6) is 0. The van der Waals surface area contributed by atoms with Gasteiger partial charge in [0.05, 0.1) is 19.4 Å². The normalized spacial score (nSPS) is 19.0. The SMILES string of the molecule is C=C(CP1(=O)OCC(C)(C)CO1)P(=O)(c1ccccc1)c1ccccc1. The first kappa shape index (κ1) is 19.3. The van der Waals surface area contributed by atoms with E-state index in [1.807, 2.05) is 74.5 Å². The van der Waals surface area contributed by atoms with Gasteiger partial charge in [0, 0.05) is 21.3 Å². The predicted octanol–water partition coefficient (Wildman–Crippen LogP) is 4.78. The largest absolute Gasteiger partial charge is 0.335 e. The zero-order chi connectivity index (χ0) is 18.8. The van der Waals surface area contributed by atoms with Crippen LogP contribution in [0.3, 0.4) is 0 Å². The fourth-order valence-electron chi connectivity index (χ4n) is 2.83. The second-order valence-corrected chi connectivity index (χ2v) is 12.3. The van der Waals surface area contributed by atoms with Gasteiger partial charge in [-0.1, -0.05) is 81.1 Å². The minimum atomic E-state index is -3.36. The van der Waals surface area contributed by atoms with Gasteiger partial charge in [-0.2, -0.15) is 0 Å². The van der Waals surface area contributed by atoms with Crippen LogP contribution in [0.25, 0.3) is 0 Å². The van der Waals surface area contributed by atoms with Gasteiger partial charge < -0.3 is 13.6 Å². The number of rotatable bonds is 5. The van der Waals surface area contributed by atoms with Gasteiger partial charge in [-0.25, -0.2) is 0 Å². The van der Waals surface area contributed by atoms with Crippen molar-refractivity contribution in [1.82, 2.24) is 0 Å². The van der Waals surface area contributed by atoms with Crippen LogP contribution in [0.1, 0.15) is 13.8 Å². The summed E-state index contributed by atoms with van der Waals surface area (Å²) >= 11 is 0. The molecule has 0 aromatic heterocycles. The molecule has 1 heterocycles. The molecule has 0 atom stereocenters. The van der Waals surface area contributed by atoms with E-state index in [4.69, 9.17) is 9.05 Å². The first-order valence-corrected chi connectivity index (χ1v) is 12.0. The molecule has 26 heavy (non-hydrogen) atoms. The fourth-order valence-corrected chi connectivity index (χ4v) is 8.15. The monoisotopic (exact) mass is 390 g/mol. The lowest BCUT2D eigenvalue weighted by molar-refractivity contribution is 0.0424. The topological polar surface area (TPSA) is 52.6 Å². The molecule has 0 bridgehead atoms. The minimum Gasteiger partial charge on any atom is -0.309 e. The zero-order valence-electron chi connectivity index (χ0n) is 15.1. The van der Waals surface area contributed by atoms with Crippen molar-refractivity contribution in [2.75, 3.05) is 19.4 Å². The van der Waals surface area contributed by atoms with Gasteiger partial charge in [-0.3, -0.25) is 4.57 Å². The molecule has 0 aliphatic carbocycles. The molecule has 1 saturated heterocycles. The fraction of sp³-hybridized carbons (Fsp3) is 0.300. The van der Waals surface area contributed by atoms with Gasteiger partial charge in [0.1, 0.15) is 0 Å². The number of allylic oxidation sites excluding steroid dienone is 1. The lowest BCUT2D eigenvalue weighted by Crippen LogP contribution is -2.30. The van der Waals surface area contributed by atoms with Crippen LogP contribution in [-0.2, 0) is 18.2 Å². The highest BCUT2D eigenvalue weighted by Gasteiger charge is 2.41. The van der Waals surface area contributed by atoms with Crippen molar-refractivity contribution in [3.63, 3.8) is 0 Å². The summed E-state index contributed by atoms with van der Waals surface area (Å²) < 4.78 is 38.3. The van der Waals surface area contributed by atoms with Gasteiger partial charge in [-0.05, 0) is 0 Å². The standard InChI is InChI=1S/C20H24O4P2/c1-17(14-25(21)23-15-20(2,3)16-24-25)26(22,18-10-6-4-7-11-18)19-12-8-5-9-13-19/h4-13H,1,14-16H2,2-3H3. The Morgan fingerprint density at radius 1 is 1.00 bits per heavy atom. The summed E-state index contributed by atoms with van der Waals surface area (Å²) in [5.41, 5.74) is -0.183. The van der Waals surface area contributed by atoms with Crippen molar-refractivity contribution in [2.24, 2.45) is 5.41 Å². The highest BCUT2D eigenvalue weighted by atomic mass is 31.2. The molecular weight excluding hydrogens is 366 g/mol. The molecule has 1 aliphatic rings. The van der Waals surface area contributed by atoms with Gasteiger partial charge in [0.15, 0.2) is 7.14 Å². The second kappa shape index (κ2) is 7.29. The van der Waals surface area contributed by atoms with Crippen LogP contribution < -0.4 is 10.6 Å². The van der Waals surface area contributed by atoms with E-state index in [0.29, 0.717) is 29.1 Å². The van der Waals surface area contributed by atoms with E-state index < -0.39 is 14.7 Å². The molecule has 1 aliphatic heterocycles. The smallest absolute Gasteiger partial charge is 0.309 e. The average Bonchev–Trinajstić information content (AvgIpc) is 2.65. The molecule has 0 spiro atoms. The Hall–Kier alpha value is -1.44. The van der Waals surface area contributed by atoms with Crippen molar-refractivity contribution in [1.29, 1.82) is 0 Å². The first-order chi connectivity index (χ1) is 12.3.